The fourth-order valence-electron chi connectivity index (χ4n) is 0. The standard InChI is InChI=1S/CH2F3NO2S.Na.H/c2-1(3,4)8(5,6)7;;/h(H2,5,6,7);;. The predicted molar refractivity (Wildman–Crippen MR) is 26.3 cm³/mol. The van der Waals surface area contributed by atoms with Gasteiger partial charge >= 0.3 is 45.1 Å². The molecule has 0 saturated heterocycles. The van der Waals surface area contributed by atoms with Gasteiger partial charge in [0.1, 0.15) is 0 Å². The number of rotatable bonds is 0. The molecule has 0 unspecified atom stereocenters. The van der Waals surface area contributed by atoms with Crippen molar-refractivity contribution in [3.63, 3.8) is 0 Å². The van der Waals surface area contributed by atoms with Crippen LogP contribution in [0.5, 0.6) is 0 Å². The Morgan fingerprint density at radius 1 is 1.22 bits per heavy atom. The van der Waals surface area contributed by atoms with E-state index in [1.165, 1.54) is 0 Å². The summed E-state index contributed by atoms with van der Waals surface area (Å²) in [7, 11) is -5.34. The van der Waals surface area contributed by atoms with E-state index in [9.17, 15) is 21.6 Å². The summed E-state index contributed by atoms with van der Waals surface area (Å²) < 4.78 is 51.2. The molecule has 0 aromatic heterocycles. The van der Waals surface area contributed by atoms with Gasteiger partial charge in [0.25, 0.3) is 0 Å². The van der Waals surface area contributed by atoms with Gasteiger partial charge in [0.05, 0.1) is 0 Å². The molecule has 0 rings (SSSR count). The van der Waals surface area contributed by atoms with Gasteiger partial charge in [0.2, 0.25) is 0 Å². The van der Waals surface area contributed by atoms with Gasteiger partial charge in [-0.3, -0.25) is 0 Å². The van der Waals surface area contributed by atoms with E-state index in [2.05, 4.69) is 5.14 Å². The first-order valence-corrected chi connectivity index (χ1v) is 2.89. The molecule has 0 bridgehead atoms. The SMILES string of the molecule is NS(=O)(=O)C(F)(F)F.[NaH]. The van der Waals surface area contributed by atoms with Gasteiger partial charge in [-0.1, -0.05) is 0 Å². The first-order valence-electron chi connectivity index (χ1n) is 1.34. The van der Waals surface area contributed by atoms with Crippen LogP contribution in [0.2, 0.25) is 0 Å². The molecule has 0 aromatic carbocycles. The second-order valence-electron chi connectivity index (χ2n) is 0.991. The summed E-state index contributed by atoms with van der Waals surface area (Å²) in [6, 6.07) is 0. The molecule has 52 valence electrons. The Kier molecular flexibility index (Phi) is 4.40. The number of hydrogen-bond donors (Lipinski definition) is 1. The molecule has 2 N–H and O–H groups in total. The van der Waals surface area contributed by atoms with Crippen LogP contribution >= 0.6 is 0 Å². The molecule has 0 heterocycles. The Labute approximate surface area is 71.7 Å². The minimum absolute atomic E-state index is 0. The van der Waals surface area contributed by atoms with Crippen molar-refractivity contribution < 1.29 is 21.6 Å². The Morgan fingerprint density at radius 3 is 1.33 bits per heavy atom. The van der Waals surface area contributed by atoms with Crippen LogP contribution in [0.25, 0.3) is 0 Å². The average molecular weight is 173 g/mol. The molecule has 0 aromatic rings. The molecule has 0 aliphatic heterocycles. The van der Waals surface area contributed by atoms with Crippen LogP contribution in [0.1, 0.15) is 0 Å². The Balaban J connectivity index is 0. The maximum absolute atomic E-state index is 10.8. The Bertz CT molecular complexity index is 171. The van der Waals surface area contributed by atoms with Gasteiger partial charge in [0, 0.05) is 0 Å². The third kappa shape index (κ3) is 4.15. The van der Waals surface area contributed by atoms with Crippen LogP contribution in [-0.2, 0) is 10.0 Å². The Hall–Kier alpha value is 0.700. The van der Waals surface area contributed by atoms with E-state index in [-0.39, 0.29) is 29.6 Å². The summed E-state index contributed by atoms with van der Waals surface area (Å²) in [5.41, 5.74) is -5.31. The third-order valence-electron chi connectivity index (χ3n) is 0.323. The first kappa shape index (κ1) is 12.4. The number of primary sulfonamides is 1. The van der Waals surface area contributed by atoms with Gasteiger partial charge in [0.15, 0.2) is 0 Å². The molecule has 0 saturated carbocycles. The molecule has 0 amide bonds. The zero-order valence-electron chi connectivity index (χ0n) is 3.44. The molecule has 0 atom stereocenters. The molecule has 0 aliphatic carbocycles. The summed E-state index contributed by atoms with van der Waals surface area (Å²) in [6.07, 6.45) is 0. The Morgan fingerprint density at radius 2 is 1.33 bits per heavy atom. The van der Waals surface area contributed by atoms with E-state index in [0.29, 0.717) is 0 Å². The van der Waals surface area contributed by atoms with E-state index in [0.717, 1.165) is 0 Å². The van der Waals surface area contributed by atoms with Crippen molar-refractivity contribution in [2.24, 2.45) is 5.14 Å². The molecule has 0 aliphatic rings. The van der Waals surface area contributed by atoms with Crippen molar-refractivity contribution in [3.8, 4) is 0 Å². The van der Waals surface area contributed by atoms with Crippen molar-refractivity contribution >= 4 is 39.6 Å². The van der Waals surface area contributed by atoms with Gasteiger partial charge in [-0.2, -0.15) is 13.2 Å². The number of sulfonamides is 1. The van der Waals surface area contributed by atoms with Crippen molar-refractivity contribution in [1.82, 2.24) is 0 Å². The van der Waals surface area contributed by atoms with E-state index in [1.54, 1.807) is 0 Å². The second kappa shape index (κ2) is 3.20. The molecule has 8 heteroatoms. The van der Waals surface area contributed by atoms with Gasteiger partial charge < -0.3 is 0 Å². The second-order valence-corrected chi connectivity index (χ2v) is 2.54. The number of alkyl halides is 3. The van der Waals surface area contributed by atoms with Crippen molar-refractivity contribution in [1.29, 1.82) is 0 Å². The molecule has 0 radical (unpaired) electrons. The number of halogens is 3. The zero-order valence-corrected chi connectivity index (χ0v) is 4.25. The van der Waals surface area contributed by atoms with Gasteiger partial charge in [-0.15, -0.1) is 0 Å². The van der Waals surface area contributed by atoms with E-state index in [1.807, 2.05) is 0 Å². The molecule has 0 fully saturated rings. The average Bonchev–Trinajstić information content (AvgIpc) is 1.25. The molecular formula is CH3F3NNaO2S. The van der Waals surface area contributed by atoms with Gasteiger partial charge in [-0.25, -0.2) is 13.6 Å². The zero-order chi connectivity index (χ0) is 7.00. The fourth-order valence-corrected chi connectivity index (χ4v) is 0. The topological polar surface area (TPSA) is 60.2 Å². The molecule has 0 spiro atoms. The van der Waals surface area contributed by atoms with Gasteiger partial charge in [-0.05, 0) is 0 Å². The molecule has 3 nitrogen and oxygen atoms in total. The monoisotopic (exact) mass is 173 g/mol. The minimum atomic E-state index is -5.34. The third-order valence-corrected chi connectivity index (χ3v) is 0.968. The van der Waals surface area contributed by atoms with Crippen LogP contribution in [-0.4, -0.2) is 43.5 Å². The number of hydrogen-bond acceptors (Lipinski definition) is 2. The van der Waals surface area contributed by atoms with E-state index in [4.69, 9.17) is 0 Å². The normalized spacial score (nSPS) is 12.4. The predicted octanol–water partition coefficient (Wildman–Crippen LogP) is -0.854. The maximum atomic E-state index is 10.8. The summed E-state index contributed by atoms with van der Waals surface area (Å²) in [5.74, 6) is 0. The molecular weight excluding hydrogens is 170 g/mol. The summed E-state index contributed by atoms with van der Waals surface area (Å²) in [6.45, 7) is 0. The summed E-state index contributed by atoms with van der Waals surface area (Å²) >= 11 is 0. The van der Waals surface area contributed by atoms with E-state index >= 15 is 0 Å². The summed E-state index contributed by atoms with van der Waals surface area (Å²) in [4.78, 5) is 0. The van der Waals surface area contributed by atoms with Crippen LogP contribution in [0.4, 0.5) is 13.2 Å². The summed E-state index contributed by atoms with van der Waals surface area (Å²) in [5, 5.41) is 3.66. The quantitative estimate of drug-likeness (QED) is 0.485. The van der Waals surface area contributed by atoms with Crippen molar-refractivity contribution in [3.05, 3.63) is 0 Å². The van der Waals surface area contributed by atoms with Crippen LogP contribution in [0.15, 0.2) is 0 Å². The fraction of sp³-hybridized carbons (Fsp3) is 1.00. The first-order chi connectivity index (χ1) is 3.25. The van der Waals surface area contributed by atoms with Crippen LogP contribution in [0, 0.1) is 0 Å². The number of nitrogens with two attached hydrogens (primary N) is 1. The van der Waals surface area contributed by atoms with Crippen molar-refractivity contribution in [2.45, 2.75) is 5.51 Å². The van der Waals surface area contributed by atoms with Crippen LogP contribution in [0.3, 0.4) is 0 Å². The van der Waals surface area contributed by atoms with E-state index < -0.39 is 15.5 Å². The molecule has 9 heavy (non-hydrogen) atoms. The van der Waals surface area contributed by atoms with Crippen molar-refractivity contribution in [2.75, 3.05) is 0 Å². The van der Waals surface area contributed by atoms with Crippen LogP contribution < -0.4 is 5.14 Å².